The Morgan fingerprint density at radius 1 is 1.39 bits per heavy atom. The topological polar surface area (TPSA) is 87.1 Å². The number of nitrogens with zero attached hydrogens (tertiary/aromatic N) is 2. The van der Waals surface area contributed by atoms with Crippen molar-refractivity contribution in [3.05, 3.63) is 54.1 Å². The first kappa shape index (κ1) is 29.2. The summed E-state index contributed by atoms with van der Waals surface area (Å²) >= 11 is 11.9. The number of para-hydroxylation sites is 1. The number of alkyl halides is 1. The highest BCUT2D eigenvalue weighted by Gasteiger charge is 2.76. The number of hydrogen-bond donors (Lipinski definition) is 1. The molecule has 1 spiro atoms. The van der Waals surface area contributed by atoms with Crippen molar-refractivity contribution in [3.8, 4) is 0 Å². The zero-order valence-electron chi connectivity index (χ0n) is 21.6. The molecule has 3 fully saturated rings. The lowest BCUT2D eigenvalue weighted by Crippen LogP contribution is -2.58. The molecule has 3 unspecified atom stereocenters. The van der Waals surface area contributed by atoms with Crippen LogP contribution in [0.3, 0.4) is 0 Å². The molecule has 206 valence electrons. The third-order valence-electron chi connectivity index (χ3n) is 7.91. The average Bonchev–Trinajstić information content (AvgIpc) is 3.47. The summed E-state index contributed by atoms with van der Waals surface area (Å²) in [5.74, 6) is -2.42. The van der Waals surface area contributed by atoms with Gasteiger partial charge < -0.3 is 19.6 Å². The van der Waals surface area contributed by atoms with E-state index in [1.165, 1.54) is 11.8 Å². The van der Waals surface area contributed by atoms with Crippen molar-refractivity contribution in [2.75, 3.05) is 24.7 Å². The smallest absolute Gasteiger partial charge is 0.310 e. The number of benzene rings is 1. The molecule has 2 bridgehead atoms. The first-order valence-electron chi connectivity index (χ1n) is 12.9. The zero-order chi connectivity index (χ0) is 27.8. The number of ether oxygens (including phenoxy) is 1. The van der Waals surface area contributed by atoms with E-state index in [9.17, 15) is 19.5 Å². The third kappa shape index (κ3) is 4.63. The summed E-state index contributed by atoms with van der Waals surface area (Å²) in [4.78, 5) is 45.2. The van der Waals surface area contributed by atoms with Gasteiger partial charge in [-0.05, 0) is 37.8 Å². The fourth-order valence-electron chi connectivity index (χ4n) is 6.30. The number of halogens is 2. The van der Waals surface area contributed by atoms with Gasteiger partial charge >= 0.3 is 5.97 Å². The molecule has 3 aliphatic rings. The largest absolute Gasteiger partial charge is 0.465 e. The number of aliphatic hydroxyl groups is 1. The first-order valence-corrected chi connectivity index (χ1v) is 15.1. The van der Waals surface area contributed by atoms with Crippen LogP contribution in [0.4, 0.5) is 5.69 Å². The minimum Gasteiger partial charge on any atom is -0.465 e. The van der Waals surface area contributed by atoms with Crippen LogP contribution in [0.1, 0.15) is 31.7 Å². The van der Waals surface area contributed by atoms with Crippen LogP contribution in [0.25, 0.3) is 0 Å². The first-order chi connectivity index (χ1) is 18.2. The van der Waals surface area contributed by atoms with Gasteiger partial charge in [0.25, 0.3) is 5.91 Å². The Hall–Kier alpha value is -1.81. The molecule has 4 rings (SSSR count). The number of thioether (sulfide) groups is 1. The summed E-state index contributed by atoms with van der Waals surface area (Å²) in [6.07, 6.45) is 4.82. The van der Waals surface area contributed by atoms with Crippen molar-refractivity contribution in [2.45, 2.75) is 60.0 Å². The Morgan fingerprint density at radius 3 is 2.74 bits per heavy atom. The minimum atomic E-state index is -0.895. The van der Waals surface area contributed by atoms with Crippen molar-refractivity contribution in [2.24, 2.45) is 11.8 Å². The van der Waals surface area contributed by atoms with Crippen molar-refractivity contribution in [3.63, 3.8) is 0 Å². The van der Waals surface area contributed by atoms with E-state index < -0.39 is 34.6 Å². The third-order valence-corrected chi connectivity index (χ3v) is 11.4. The number of rotatable bonds is 11. The van der Waals surface area contributed by atoms with Crippen LogP contribution >= 0.6 is 39.3 Å². The summed E-state index contributed by atoms with van der Waals surface area (Å²) in [6, 6.07) is 3.97. The predicted molar refractivity (Wildman–Crippen MR) is 155 cm³/mol. The quantitative estimate of drug-likeness (QED) is 0.168. The van der Waals surface area contributed by atoms with Crippen LogP contribution in [0.5, 0.6) is 0 Å². The van der Waals surface area contributed by atoms with Gasteiger partial charge in [-0.3, -0.25) is 14.4 Å². The predicted octanol–water partition coefficient (Wildman–Crippen LogP) is 4.52. The number of anilines is 1. The molecule has 0 radical (unpaired) electrons. The minimum absolute atomic E-state index is 0.0761. The molecule has 0 aromatic heterocycles. The molecule has 1 aromatic carbocycles. The van der Waals surface area contributed by atoms with Gasteiger partial charge in [0, 0.05) is 16.6 Å². The number of hydrogen-bond acceptors (Lipinski definition) is 6. The van der Waals surface area contributed by atoms with Crippen molar-refractivity contribution >= 4 is 62.8 Å². The lowest BCUT2D eigenvalue weighted by atomic mass is 9.71. The molecular formula is C28H34BrClN2O5S. The van der Waals surface area contributed by atoms with Gasteiger partial charge in [-0.25, -0.2) is 0 Å². The summed E-state index contributed by atoms with van der Waals surface area (Å²) < 4.78 is 4.71. The van der Waals surface area contributed by atoms with Gasteiger partial charge in [-0.2, -0.15) is 0 Å². The van der Waals surface area contributed by atoms with Gasteiger partial charge in [0.05, 0.1) is 46.5 Å². The summed E-state index contributed by atoms with van der Waals surface area (Å²) in [6.45, 7) is 11.4. The van der Waals surface area contributed by atoms with E-state index in [4.69, 9.17) is 16.3 Å². The van der Waals surface area contributed by atoms with Crippen LogP contribution in [-0.2, 0) is 19.1 Å². The number of carbonyl (C=O) groups excluding carboxylic acids is 3. The Balaban J connectivity index is 1.83. The monoisotopic (exact) mass is 624 g/mol. The summed E-state index contributed by atoms with van der Waals surface area (Å²) in [5, 5.41) is 10.5. The summed E-state index contributed by atoms with van der Waals surface area (Å²) in [7, 11) is 0. The molecule has 3 aliphatic heterocycles. The molecule has 0 aliphatic carbocycles. The van der Waals surface area contributed by atoms with Gasteiger partial charge in [0.1, 0.15) is 6.04 Å². The lowest BCUT2D eigenvalue weighted by molar-refractivity contribution is -0.154. The number of carbonyl (C=O) groups is 3. The second kappa shape index (κ2) is 11.7. The van der Waals surface area contributed by atoms with Crippen LogP contribution in [0.2, 0.25) is 5.02 Å². The maximum absolute atomic E-state index is 14.6. The SMILES string of the molecule is C=CCCOC(=O)[C@H]1[C@H]2C(=O)N([C@@H](CC)CO)C(C(=O)N(CC=C)c3c(C)cccc3Cl)C23CC(Br)[C@@H]1S3. The second-order valence-electron chi connectivity index (χ2n) is 10.0. The molecule has 0 saturated carbocycles. The molecule has 1 aromatic rings. The van der Waals surface area contributed by atoms with Crippen LogP contribution in [0.15, 0.2) is 43.5 Å². The second-order valence-corrected chi connectivity index (χ2v) is 13.2. The van der Waals surface area contributed by atoms with Crippen LogP contribution in [0, 0.1) is 18.8 Å². The molecular weight excluding hydrogens is 592 g/mol. The van der Waals surface area contributed by atoms with Crippen molar-refractivity contribution in [1.82, 2.24) is 4.90 Å². The number of aliphatic hydroxyl groups excluding tert-OH is 1. The van der Waals surface area contributed by atoms with E-state index in [0.29, 0.717) is 30.0 Å². The number of esters is 1. The highest BCUT2D eigenvalue weighted by atomic mass is 79.9. The summed E-state index contributed by atoms with van der Waals surface area (Å²) in [5.41, 5.74) is 1.38. The Bertz CT molecular complexity index is 1110. The number of fused-ring (bicyclic) bond motifs is 1. The van der Waals surface area contributed by atoms with Gasteiger partial charge in [0.2, 0.25) is 5.91 Å². The van der Waals surface area contributed by atoms with Gasteiger partial charge in [-0.15, -0.1) is 24.9 Å². The van der Waals surface area contributed by atoms with Crippen molar-refractivity contribution < 1.29 is 24.2 Å². The molecule has 1 N–H and O–H groups in total. The highest BCUT2D eigenvalue weighted by molar-refractivity contribution is 9.09. The number of amides is 2. The van der Waals surface area contributed by atoms with Gasteiger partial charge in [0.15, 0.2) is 0 Å². The van der Waals surface area contributed by atoms with Crippen LogP contribution < -0.4 is 4.90 Å². The van der Waals surface area contributed by atoms with Gasteiger partial charge in [-0.1, -0.05) is 58.7 Å². The van der Waals surface area contributed by atoms with E-state index in [1.54, 1.807) is 28.0 Å². The molecule has 7 nitrogen and oxygen atoms in total. The molecule has 38 heavy (non-hydrogen) atoms. The zero-order valence-corrected chi connectivity index (χ0v) is 24.8. The van der Waals surface area contributed by atoms with E-state index in [1.807, 2.05) is 26.0 Å². The van der Waals surface area contributed by atoms with E-state index in [2.05, 4.69) is 29.1 Å². The molecule has 10 heteroatoms. The number of aryl methyl sites for hydroxylation is 1. The van der Waals surface area contributed by atoms with Crippen LogP contribution in [-0.4, -0.2) is 74.5 Å². The number of likely N-dealkylation sites (tertiary alicyclic amines) is 1. The van der Waals surface area contributed by atoms with E-state index in [0.717, 1.165) is 5.56 Å². The maximum Gasteiger partial charge on any atom is 0.310 e. The molecule has 2 amide bonds. The highest BCUT2D eigenvalue weighted by Crippen LogP contribution is 2.68. The van der Waals surface area contributed by atoms with E-state index >= 15 is 0 Å². The molecule has 3 heterocycles. The van der Waals surface area contributed by atoms with Crippen molar-refractivity contribution in [1.29, 1.82) is 0 Å². The average molecular weight is 626 g/mol. The fourth-order valence-corrected chi connectivity index (χ4v) is 10.2. The van der Waals surface area contributed by atoms with E-state index in [-0.39, 0.29) is 41.6 Å². The normalized spacial score (nSPS) is 30.2. The Kier molecular flexibility index (Phi) is 9.02. The lowest BCUT2D eigenvalue weighted by Gasteiger charge is -2.40. The maximum atomic E-state index is 14.6. The molecule has 7 atom stereocenters. The molecule has 3 saturated heterocycles. The fraction of sp³-hybridized carbons (Fsp3) is 0.536. The standard InChI is InChI=1S/C28H34BrClN2O5S/c1-5-8-13-37-27(36)20-21-25(34)32(17(7-3)15-33)24(28(21)14-18(29)23(20)38-28)26(35)31(12-6-2)22-16(4)10-9-11-19(22)30/h5-6,9-11,17-18,20-21,23-24,33H,1-2,7-8,12-15H2,3-4H3/t17-,18?,20-,21-,23-,24?,28?/m0/s1. The Labute approximate surface area is 241 Å². The Morgan fingerprint density at radius 2 is 2.13 bits per heavy atom.